The van der Waals surface area contributed by atoms with Crippen LogP contribution in [0.4, 0.5) is 0 Å². The third-order valence-electron chi connectivity index (χ3n) is 4.84. The van der Waals surface area contributed by atoms with Gasteiger partial charge in [0.1, 0.15) is 0 Å². The summed E-state index contributed by atoms with van der Waals surface area (Å²) in [5.41, 5.74) is -0.395. The summed E-state index contributed by atoms with van der Waals surface area (Å²) in [6.07, 6.45) is 0.648. The summed E-state index contributed by atoms with van der Waals surface area (Å²) < 4.78 is 5.20. The number of rotatable bonds is 4. The average molecular weight is 346 g/mol. The number of fused-ring (bicyclic) bond motifs is 1. The van der Waals surface area contributed by atoms with Gasteiger partial charge in [-0.3, -0.25) is 24.1 Å². The van der Waals surface area contributed by atoms with Crippen LogP contribution < -0.4 is 5.32 Å². The molecule has 25 heavy (non-hydrogen) atoms. The van der Waals surface area contributed by atoms with Gasteiger partial charge in [-0.2, -0.15) is 0 Å². The summed E-state index contributed by atoms with van der Waals surface area (Å²) in [6, 6.07) is 4.26. The number of imide groups is 1. The Kier molecular flexibility index (Phi) is 4.30. The standard InChI is InChI=1S/C17H18N2O6/c1-19-14(21)11-3-2-10(8-12(11)15(19)22)13(20)18-9-17(16(23)24)4-6-25-7-5-17/h2-3,8H,4-7,9H2,1H3,(H,18,20)(H,23,24). The zero-order valence-corrected chi connectivity index (χ0v) is 13.7. The molecule has 8 heteroatoms. The molecule has 1 aromatic rings. The van der Waals surface area contributed by atoms with Crippen molar-refractivity contribution in [1.82, 2.24) is 10.2 Å². The average Bonchev–Trinajstić information content (AvgIpc) is 2.84. The number of carbonyl (C=O) groups is 4. The van der Waals surface area contributed by atoms with E-state index in [1.54, 1.807) is 0 Å². The van der Waals surface area contributed by atoms with E-state index in [2.05, 4.69) is 5.32 Å². The predicted molar refractivity (Wildman–Crippen MR) is 85.3 cm³/mol. The van der Waals surface area contributed by atoms with E-state index in [4.69, 9.17) is 4.74 Å². The zero-order valence-electron chi connectivity index (χ0n) is 13.7. The first-order valence-electron chi connectivity index (χ1n) is 7.91. The molecule has 2 heterocycles. The van der Waals surface area contributed by atoms with Crippen LogP contribution in [0.2, 0.25) is 0 Å². The molecule has 0 radical (unpaired) electrons. The first-order chi connectivity index (χ1) is 11.9. The lowest BCUT2D eigenvalue weighted by Gasteiger charge is -2.33. The Hall–Kier alpha value is -2.74. The number of benzene rings is 1. The van der Waals surface area contributed by atoms with Gasteiger partial charge in [-0.15, -0.1) is 0 Å². The van der Waals surface area contributed by atoms with Crippen molar-refractivity contribution in [1.29, 1.82) is 0 Å². The Morgan fingerprint density at radius 1 is 1.20 bits per heavy atom. The number of amides is 3. The molecule has 0 aromatic heterocycles. The Morgan fingerprint density at radius 2 is 1.84 bits per heavy atom. The molecular formula is C17H18N2O6. The largest absolute Gasteiger partial charge is 0.481 e. The Balaban J connectivity index is 1.75. The van der Waals surface area contributed by atoms with Crippen LogP contribution in [0, 0.1) is 5.41 Å². The number of carboxylic acids is 1. The van der Waals surface area contributed by atoms with Gasteiger partial charge in [0, 0.05) is 32.4 Å². The van der Waals surface area contributed by atoms with Crippen molar-refractivity contribution < 1.29 is 29.0 Å². The molecule has 1 aromatic carbocycles. The summed E-state index contributed by atoms with van der Waals surface area (Å²) >= 11 is 0. The van der Waals surface area contributed by atoms with Gasteiger partial charge in [0.2, 0.25) is 0 Å². The molecule has 0 bridgehead atoms. The Morgan fingerprint density at radius 3 is 2.48 bits per heavy atom. The molecule has 3 amide bonds. The highest BCUT2D eigenvalue weighted by Gasteiger charge is 2.40. The second-order valence-corrected chi connectivity index (χ2v) is 6.31. The summed E-state index contributed by atoms with van der Waals surface area (Å²) in [4.78, 5) is 48.8. The quantitative estimate of drug-likeness (QED) is 0.769. The highest BCUT2D eigenvalue weighted by Crippen LogP contribution is 2.30. The summed E-state index contributed by atoms with van der Waals surface area (Å²) in [6.45, 7) is 0.655. The molecule has 2 aliphatic heterocycles. The number of nitrogens with zero attached hydrogens (tertiary/aromatic N) is 1. The second-order valence-electron chi connectivity index (χ2n) is 6.31. The van der Waals surface area contributed by atoms with Gasteiger partial charge in [-0.1, -0.05) is 0 Å². The van der Waals surface area contributed by atoms with Crippen LogP contribution >= 0.6 is 0 Å². The molecule has 0 saturated carbocycles. The van der Waals surface area contributed by atoms with Gasteiger partial charge in [0.15, 0.2) is 0 Å². The molecule has 3 rings (SSSR count). The monoisotopic (exact) mass is 346 g/mol. The predicted octanol–water partition coefficient (Wildman–Crippen LogP) is 0.524. The lowest BCUT2D eigenvalue weighted by Crippen LogP contribution is -2.46. The third-order valence-corrected chi connectivity index (χ3v) is 4.84. The van der Waals surface area contributed by atoms with Crippen LogP contribution in [0.5, 0.6) is 0 Å². The van der Waals surface area contributed by atoms with Crippen molar-refractivity contribution in [3.8, 4) is 0 Å². The molecule has 132 valence electrons. The fourth-order valence-electron chi connectivity index (χ4n) is 3.08. The number of carboxylic acid groups (broad SMARTS) is 1. The van der Waals surface area contributed by atoms with E-state index in [1.165, 1.54) is 25.2 Å². The van der Waals surface area contributed by atoms with Crippen LogP contribution in [0.3, 0.4) is 0 Å². The van der Waals surface area contributed by atoms with Gasteiger partial charge in [0.25, 0.3) is 17.7 Å². The SMILES string of the molecule is CN1C(=O)c2ccc(C(=O)NCC3(C(=O)O)CCOCC3)cc2C1=O. The van der Waals surface area contributed by atoms with Gasteiger partial charge >= 0.3 is 5.97 Å². The number of ether oxygens (including phenoxy) is 1. The van der Waals surface area contributed by atoms with Crippen LogP contribution in [0.1, 0.15) is 43.9 Å². The van der Waals surface area contributed by atoms with Crippen molar-refractivity contribution in [3.63, 3.8) is 0 Å². The molecule has 1 saturated heterocycles. The lowest BCUT2D eigenvalue weighted by atomic mass is 9.80. The first-order valence-corrected chi connectivity index (χ1v) is 7.91. The molecule has 0 spiro atoms. The topological polar surface area (TPSA) is 113 Å². The smallest absolute Gasteiger partial charge is 0.311 e. The second kappa shape index (κ2) is 6.29. The minimum absolute atomic E-state index is 0.0195. The molecule has 1 fully saturated rings. The van der Waals surface area contributed by atoms with E-state index < -0.39 is 29.1 Å². The Bertz CT molecular complexity index is 766. The van der Waals surface area contributed by atoms with E-state index in [0.29, 0.717) is 26.1 Å². The minimum atomic E-state index is -1.04. The van der Waals surface area contributed by atoms with E-state index in [1.807, 2.05) is 0 Å². The van der Waals surface area contributed by atoms with E-state index >= 15 is 0 Å². The van der Waals surface area contributed by atoms with E-state index in [0.717, 1.165) is 4.90 Å². The zero-order chi connectivity index (χ0) is 18.2. The van der Waals surface area contributed by atoms with Crippen molar-refractivity contribution in [2.45, 2.75) is 12.8 Å². The van der Waals surface area contributed by atoms with Crippen LogP contribution in [-0.2, 0) is 9.53 Å². The van der Waals surface area contributed by atoms with Crippen LogP contribution in [0.25, 0.3) is 0 Å². The summed E-state index contributed by atoms with van der Waals surface area (Å²) in [5, 5.41) is 12.1. The van der Waals surface area contributed by atoms with Gasteiger partial charge in [0.05, 0.1) is 16.5 Å². The maximum Gasteiger partial charge on any atom is 0.311 e. The minimum Gasteiger partial charge on any atom is -0.481 e. The summed E-state index contributed by atoms with van der Waals surface area (Å²) in [7, 11) is 1.38. The van der Waals surface area contributed by atoms with Crippen LogP contribution in [-0.4, -0.2) is 60.5 Å². The maximum absolute atomic E-state index is 12.4. The number of carbonyl (C=O) groups excluding carboxylic acids is 3. The molecular weight excluding hydrogens is 328 g/mol. The highest BCUT2D eigenvalue weighted by molar-refractivity contribution is 6.21. The molecule has 2 aliphatic rings. The molecule has 8 nitrogen and oxygen atoms in total. The number of hydrogen-bond acceptors (Lipinski definition) is 5. The molecule has 0 atom stereocenters. The fraction of sp³-hybridized carbons (Fsp3) is 0.412. The first kappa shape index (κ1) is 17.1. The third kappa shape index (κ3) is 2.89. The van der Waals surface area contributed by atoms with Crippen molar-refractivity contribution in [3.05, 3.63) is 34.9 Å². The fourth-order valence-corrected chi connectivity index (χ4v) is 3.08. The van der Waals surface area contributed by atoms with Gasteiger partial charge in [-0.25, -0.2) is 0 Å². The number of hydrogen-bond donors (Lipinski definition) is 2. The lowest BCUT2D eigenvalue weighted by molar-refractivity contribution is -0.154. The highest BCUT2D eigenvalue weighted by atomic mass is 16.5. The maximum atomic E-state index is 12.4. The van der Waals surface area contributed by atoms with E-state index in [9.17, 15) is 24.3 Å². The molecule has 0 unspecified atom stereocenters. The van der Waals surface area contributed by atoms with Crippen molar-refractivity contribution in [2.75, 3.05) is 26.8 Å². The van der Waals surface area contributed by atoms with Crippen molar-refractivity contribution in [2.24, 2.45) is 5.41 Å². The van der Waals surface area contributed by atoms with Gasteiger partial charge in [-0.05, 0) is 31.0 Å². The molecule has 0 aliphatic carbocycles. The van der Waals surface area contributed by atoms with Gasteiger partial charge < -0.3 is 15.2 Å². The van der Waals surface area contributed by atoms with Crippen LogP contribution in [0.15, 0.2) is 18.2 Å². The van der Waals surface area contributed by atoms with Crippen molar-refractivity contribution >= 4 is 23.7 Å². The molecule has 2 N–H and O–H groups in total. The summed E-state index contributed by atoms with van der Waals surface area (Å²) in [5.74, 6) is -2.31. The number of aliphatic carboxylic acids is 1. The normalized spacial score (nSPS) is 18.8. The Labute approximate surface area is 143 Å². The number of nitrogens with one attached hydrogen (secondary N) is 1. The van der Waals surface area contributed by atoms with E-state index in [-0.39, 0.29) is 23.2 Å².